The van der Waals surface area contributed by atoms with Gasteiger partial charge in [0.15, 0.2) is 0 Å². The normalized spacial score (nSPS) is 15.7. The maximum atomic E-state index is 13.5. The molecule has 0 bridgehead atoms. The van der Waals surface area contributed by atoms with E-state index >= 15 is 0 Å². The quantitative estimate of drug-likeness (QED) is 0.882. The number of hydrogen-bond acceptors (Lipinski definition) is 2. The van der Waals surface area contributed by atoms with Gasteiger partial charge in [0.1, 0.15) is 11.9 Å². The molecule has 0 saturated carbocycles. The molecule has 1 heterocycles. The van der Waals surface area contributed by atoms with Crippen molar-refractivity contribution in [2.45, 2.75) is 25.4 Å². The fourth-order valence-corrected chi connectivity index (χ4v) is 2.28. The van der Waals surface area contributed by atoms with Crippen LogP contribution in [0, 0.1) is 0 Å². The van der Waals surface area contributed by atoms with E-state index in [1.165, 1.54) is 0 Å². The van der Waals surface area contributed by atoms with Crippen molar-refractivity contribution in [2.75, 3.05) is 13.2 Å². The van der Waals surface area contributed by atoms with Gasteiger partial charge < -0.3 is 10.5 Å². The van der Waals surface area contributed by atoms with Gasteiger partial charge in [0.05, 0.1) is 6.61 Å². The summed E-state index contributed by atoms with van der Waals surface area (Å²) in [5.41, 5.74) is 7.28. The summed E-state index contributed by atoms with van der Waals surface area (Å²) in [6.07, 6.45) is 0.648. The summed E-state index contributed by atoms with van der Waals surface area (Å²) in [4.78, 5) is 0. The van der Waals surface area contributed by atoms with Gasteiger partial charge in [-0.05, 0) is 36.2 Å². The molecule has 1 unspecified atom stereocenters. The van der Waals surface area contributed by atoms with E-state index in [0.717, 1.165) is 23.3 Å². The minimum atomic E-state index is -0.920. The molecule has 0 aromatic heterocycles. The van der Waals surface area contributed by atoms with Crippen molar-refractivity contribution in [1.29, 1.82) is 0 Å². The molecule has 1 atom stereocenters. The first kappa shape index (κ1) is 11.7. The second-order valence-corrected chi connectivity index (χ2v) is 4.47. The van der Waals surface area contributed by atoms with E-state index in [0.29, 0.717) is 31.0 Å². The first-order valence-corrected chi connectivity index (χ1v) is 5.86. The molecule has 0 spiro atoms. The monoisotopic (exact) mass is 243 g/mol. The van der Waals surface area contributed by atoms with Crippen molar-refractivity contribution in [3.8, 4) is 5.75 Å². The van der Waals surface area contributed by atoms with Crippen LogP contribution in [-0.2, 0) is 12.8 Å². The highest BCUT2D eigenvalue weighted by Gasteiger charge is 2.19. The van der Waals surface area contributed by atoms with Crippen LogP contribution in [0.1, 0.15) is 17.5 Å². The molecule has 0 aliphatic carbocycles. The van der Waals surface area contributed by atoms with Crippen LogP contribution in [0.15, 0.2) is 12.1 Å². The molecule has 2 rings (SSSR count). The van der Waals surface area contributed by atoms with Crippen molar-refractivity contribution < 1.29 is 9.13 Å². The lowest BCUT2D eigenvalue weighted by atomic mass is 10.0. The van der Waals surface area contributed by atoms with Crippen LogP contribution in [-0.4, -0.2) is 19.3 Å². The predicted octanol–water partition coefficient (Wildman–Crippen LogP) is 2.50. The van der Waals surface area contributed by atoms with Gasteiger partial charge >= 0.3 is 0 Å². The molecule has 1 aliphatic rings. The number of hydrogen-bond donors (Lipinski definition) is 1. The third kappa shape index (κ3) is 2.47. The highest BCUT2D eigenvalue weighted by atomic mass is 35.5. The number of ether oxygens (including phenoxy) is 1. The van der Waals surface area contributed by atoms with Gasteiger partial charge in [-0.25, -0.2) is 4.39 Å². The lowest BCUT2D eigenvalue weighted by molar-refractivity contribution is 0.307. The first-order valence-electron chi connectivity index (χ1n) is 5.49. The van der Waals surface area contributed by atoms with E-state index in [2.05, 4.69) is 0 Å². The summed E-state index contributed by atoms with van der Waals surface area (Å²) >= 11 is 5.99. The summed E-state index contributed by atoms with van der Waals surface area (Å²) in [5.74, 6) is 0.823. The van der Waals surface area contributed by atoms with Crippen LogP contribution in [0.3, 0.4) is 0 Å². The molecule has 0 amide bonds. The van der Waals surface area contributed by atoms with E-state index in [1.807, 2.05) is 6.07 Å². The second-order valence-electron chi connectivity index (χ2n) is 4.03. The van der Waals surface area contributed by atoms with Crippen LogP contribution in [0.2, 0.25) is 5.02 Å². The zero-order valence-electron chi connectivity index (χ0n) is 9.01. The summed E-state index contributed by atoms with van der Waals surface area (Å²) in [6, 6.07) is 3.68. The second kappa shape index (κ2) is 5.02. The van der Waals surface area contributed by atoms with Gasteiger partial charge in [-0.15, -0.1) is 0 Å². The van der Waals surface area contributed by atoms with E-state index in [-0.39, 0.29) is 0 Å². The van der Waals surface area contributed by atoms with Crippen LogP contribution >= 0.6 is 11.6 Å². The van der Waals surface area contributed by atoms with Crippen molar-refractivity contribution in [1.82, 2.24) is 0 Å². The fourth-order valence-electron chi connectivity index (χ4n) is 2.02. The zero-order chi connectivity index (χ0) is 11.5. The van der Waals surface area contributed by atoms with E-state index in [1.54, 1.807) is 6.07 Å². The Morgan fingerprint density at radius 1 is 1.50 bits per heavy atom. The maximum absolute atomic E-state index is 13.5. The van der Waals surface area contributed by atoms with Crippen molar-refractivity contribution in [3.05, 3.63) is 28.3 Å². The van der Waals surface area contributed by atoms with Gasteiger partial charge in [-0.1, -0.05) is 11.6 Å². The van der Waals surface area contributed by atoms with E-state index in [9.17, 15) is 4.39 Å². The highest BCUT2D eigenvalue weighted by Crippen LogP contribution is 2.34. The fraction of sp³-hybridized carbons (Fsp3) is 0.500. The average Bonchev–Trinajstić information content (AvgIpc) is 2.65. The Labute approximate surface area is 99.5 Å². The smallest absolute Gasteiger partial charge is 0.126 e. The molecule has 88 valence electrons. The summed E-state index contributed by atoms with van der Waals surface area (Å²) in [6.45, 7) is 1.03. The van der Waals surface area contributed by atoms with Crippen LogP contribution in [0.5, 0.6) is 5.75 Å². The van der Waals surface area contributed by atoms with Crippen molar-refractivity contribution in [3.63, 3.8) is 0 Å². The lowest BCUT2D eigenvalue weighted by Gasteiger charge is -2.11. The van der Waals surface area contributed by atoms with E-state index in [4.69, 9.17) is 22.1 Å². The van der Waals surface area contributed by atoms with Crippen molar-refractivity contribution in [2.24, 2.45) is 5.73 Å². The number of alkyl halides is 1. The molecule has 0 fully saturated rings. The van der Waals surface area contributed by atoms with Gasteiger partial charge in [0.25, 0.3) is 0 Å². The molecule has 0 radical (unpaired) electrons. The SMILES string of the molecule is NCCC(F)Cc1cc(Cl)cc2c1OCC2. The summed E-state index contributed by atoms with van der Waals surface area (Å²) < 4.78 is 19.0. The molecule has 2 N–H and O–H groups in total. The Balaban J connectivity index is 2.20. The zero-order valence-corrected chi connectivity index (χ0v) is 9.77. The maximum Gasteiger partial charge on any atom is 0.126 e. The van der Waals surface area contributed by atoms with Gasteiger partial charge in [0.2, 0.25) is 0 Å². The third-order valence-corrected chi connectivity index (χ3v) is 2.96. The third-order valence-electron chi connectivity index (χ3n) is 2.75. The number of fused-ring (bicyclic) bond motifs is 1. The summed E-state index contributed by atoms with van der Waals surface area (Å²) in [7, 11) is 0. The Morgan fingerprint density at radius 3 is 3.06 bits per heavy atom. The average molecular weight is 244 g/mol. The Kier molecular flexibility index (Phi) is 3.66. The minimum Gasteiger partial charge on any atom is -0.493 e. The Hall–Kier alpha value is -0.800. The number of rotatable bonds is 4. The van der Waals surface area contributed by atoms with Crippen LogP contribution < -0.4 is 10.5 Å². The molecular formula is C12H15ClFNO. The minimum absolute atomic E-state index is 0.333. The Bertz CT molecular complexity index is 384. The summed E-state index contributed by atoms with van der Waals surface area (Å²) in [5, 5.41) is 0.652. The molecular weight excluding hydrogens is 229 g/mol. The lowest BCUT2D eigenvalue weighted by Crippen LogP contribution is -2.12. The molecule has 16 heavy (non-hydrogen) atoms. The largest absolute Gasteiger partial charge is 0.493 e. The first-order chi connectivity index (χ1) is 7.70. The standard InChI is InChI=1S/C12H15ClFNO/c13-10-5-8-2-4-16-12(8)9(6-10)7-11(14)1-3-15/h5-6,11H,1-4,7,15H2. The molecule has 1 aromatic rings. The molecule has 1 aliphatic heterocycles. The molecule has 4 heteroatoms. The number of benzene rings is 1. The van der Waals surface area contributed by atoms with Gasteiger partial charge in [0, 0.05) is 17.9 Å². The van der Waals surface area contributed by atoms with Crippen LogP contribution in [0.4, 0.5) is 4.39 Å². The number of halogens is 2. The molecule has 0 saturated heterocycles. The van der Waals surface area contributed by atoms with Gasteiger partial charge in [-0.3, -0.25) is 0 Å². The van der Waals surface area contributed by atoms with Crippen molar-refractivity contribution >= 4 is 11.6 Å². The Morgan fingerprint density at radius 2 is 2.31 bits per heavy atom. The molecule has 2 nitrogen and oxygen atoms in total. The topological polar surface area (TPSA) is 35.2 Å². The highest BCUT2D eigenvalue weighted by molar-refractivity contribution is 6.30. The predicted molar refractivity (Wildman–Crippen MR) is 62.9 cm³/mol. The van der Waals surface area contributed by atoms with Crippen LogP contribution in [0.25, 0.3) is 0 Å². The van der Waals surface area contributed by atoms with Gasteiger partial charge in [-0.2, -0.15) is 0 Å². The van der Waals surface area contributed by atoms with E-state index < -0.39 is 6.17 Å². The molecule has 1 aromatic carbocycles. The number of nitrogens with two attached hydrogens (primary N) is 1.